The first-order valence-electron chi connectivity index (χ1n) is 5.65. The Bertz CT molecular complexity index is 643. The minimum atomic E-state index is -0.624. The second kappa shape index (κ2) is 5.79. The van der Waals surface area contributed by atoms with Crippen molar-refractivity contribution in [2.75, 3.05) is 12.4 Å². The van der Waals surface area contributed by atoms with E-state index in [1.165, 1.54) is 31.5 Å². The van der Waals surface area contributed by atoms with Gasteiger partial charge in [0.15, 0.2) is 0 Å². The van der Waals surface area contributed by atoms with Crippen LogP contribution < -0.4 is 10.1 Å². The van der Waals surface area contributed by atoms with Gasteiger partial charge in [0, 0.05) is 6.20 Å². The zero-order chi connectivity index (χ0) is 14.5. The molecule has 0 spiro atoms. The van der Waals surface area contributed by atoms with E-state index in [2.05, 4.69) is 10.3 Å². The number of nitro benzene ring substituents is 1. The van der Waals surface area contributed by atoms with Crippen molar-refractivity contribution in [3.05, 3.63) is 58.4 Å². The summed E-state index contributed by atoms with van der Waals surface area (Å²) in [6.45, 7) is 0. The highest BCUT2D eigenvalue weighted by atomic mass is 16.6. The van der Waals surface area contributed by atoms with Crippen LogP contribution in [0.3, 0.4) is 0 Å². The Labute approximate surface area is 114 Å². The van der Waals surface area contributed by atoms with Crippen LogP contribution in [0.1, 0.15) is 10.4 Å². The van der Waals surface area contributed by atoms with Gasteiger partial charge >= 0.3 is 0 Å². The summed E-state index contributed by atoms with van der Waals surface area (Å²) in [4.78, 5) is 26.3. The number of carbonyl (C=O) groups excluding carboxylic acids is 1. The van der Waals surface area contributed by atoms with Crippen LogP contribution in [0.2, 0.25) is 0 Å². The summed E-state index contributed by atoms with van der Waals surface area (Å²) in [5, 5.41) is 13.5. The molecule has 2 rings (SSSR count). The van der Waals surface area contributed by atoms with Gasteiger partial charge in [-0.25, -0.2) is 0 Å². The van der Waals surface area contributed by atoms with Crippen LogP contribution in [0.25, 0.3) is 0 Å². The molecule has 7 heteroatoms. The third-order valence-electron chi connectivity index (χ3n) is 2.57. The van der Waals surface area contributed by atoms with E-state index in [9.17, 15) is 14.9 Å². The Hall–Kier alpha value is -2.96. The number of pyridine rings is 1. The molecule has 102 valence electrons. The van der Waals surface area contributed by atoms with E-state index < -0.39 is 10.8 Å². The average molecular weight is 273 g/mol. The lowest BCUT2D eigenvalue weighted by Gasteiger charge is -2.06. The largest absolute Gasteiger partial charge is 0.497 e. The van der Waals surface area contributed by atoms with E-state index in [0.29, 0.717) is 11.4 Å². The molecule has 1 heterocycles. The molecule has 7 nitrogen and oxygen atoms in total. The van der Waals surface area contributed by atoms with Crippen molar-refractivity contribution in [3.8, 4) is 5.75 Å². The molecule has 2 aromatic rings. The van der Waals surface area contributed by atoms with Gasteiger partial charge in [0.05, 0.1) is 30.0 Å². The van der Waals surface area contributed by atoms with E-state index >= 15 is 0 Å². The molecular formula is C13H11N3O4. The molecule has 1 aromatic carbocycles. The number of nitro groups is 1. The Morgan fingerprint density at radius 2 is 2.20 bits per heavy atom. The van der Waals surface area contributed by atoms with E-state index in [0.717, 1.165) is 0 Å². The Balaban J connectivity index is 2.32. The second-order valence-corrected chi connectivity index (χ2v) is 3.84. The summed E-state index contributed by atoms with van der Waals surface area (Å²) < 4.78 is 4.91. The SMILES string of the molecule is COc1ccc(C(=O)Nc2cccnc2)c([N+](=O)[O-])c1. The lowest BCUT2D eigenvalue weighted by molar-refractivity contribution is -0.385. The minimum absolute atomic E-state index is 0.0420. The predicted molar refractivity (Wildman–Crippen MR) is 71.8 cm³/mol. The Morgan fingerprint density at radius 1 is 1.40 bits per heavy atom. The van der Waals surface area contributed by atoms with Gasteiger partial charge in [-0.05, 0) is 24.3 Å². The van der Waals surface area contributed by atoms with Gasteiger partial charge in [0.25, 0.3) is 11.6 Å². The van der Waals surface area contributed by atoms with Gasteiger partial charge < -0.3 is 10.1 Å². The summed E-state index contributed by atoms with van der Waals surface area (Å²) in [6.07, 6.45) is 3.01. The van der Waals surface area contributed by atoms with Crippen molar-refractivity contribution in [1.29, 1.82) is 0 Å². The van der Waals surface area contributed by atoms with Crippen LogP contribution in [-0.2, 0) is 0 Å². The molecule has 0 bridgehead atoms. The number of amides is 1. The fourth-order valence-electron chi connectivity index (χ4n) is 1.62. The van der Waals surface area contributed by atoms with Crippen LogP contribution in [0.15, 0.2) is 42.7 Å². The molecule has 1 aromatic heterocycles. The number of carbonyl (C=O) groups is 1. The highest BCUT2D eigenvalue weighted by Crippen LogP contribution is 2.25. The lowest BCUT2D eigenvalue weighted by atomic mass is 10.1. The fraction of sp³-hybridized carbons (Fsp3) is 0.0769. The Kier molecular flexibility index (Phi) is 3.90. The quantitative estimate of drug-likeness (QED) is 0.681. The summed E-state index contributed by atoms with van der Waals surface area (Å²) in [7, 11) is 1.40. The van der Waals surface area contributed by atoms with Crippen molar-refractivity contribution in [3.63, 3.8) is 0 Å². The molecule has 0 radical (unpaired) electrons. The van der Waals surface area contributed by atoms with E-state index in [1.54, 1.807) is 18.3 Å². The number of hydrogen-bond donors (Lipinski definition) is 1. The summed E-state index contributed by atoms with van der Waals surface area (Å²) in [6, 6.07) is 7.34. The summed E-state index contributed by atoms with van der Waals surface area (Å²) in [5.74, 6) is -0.262. The third kappa shape index (κ3) is 2.89. The topological polar surface area (TPSA) is 94.4 Å². The molecule has 0 atom stereocenters. The van der Waals surface area contributed by atoms with Crippen molar-refractivity contribution in [2.24, 2.45) is 0 Å². The van der Waals surface area contributed by atoms with Gasteiger partial charge in [-0.1, -0.05) is 0 Å². The van der Waals surface area contributed by atoms with Crippen molar-refractivity contribution >= 4 is 17.3 Å². The molecule has 0 fully saturated rings. The van der Waals surface area contributed by atoms with Gasteiger partial charge in [-0.2, -0.15) is 0 Å². The normalized spacial score (nSPS) is 9.85. The molecule has 0 aliphatic rings. The molecule has 0 saturated heterocycles. The predicted octanol–water partition coefficient (Wildman–Crippen LogP) is 2.25. The minimum Gasteiger partial charge on any atom is -0.497 e. The maximum Gasteiger partial charge on any atom is 0.285 e. The maximum absolute atomic E-state index is 12.1. The van der Waals surface area contributed by atoms with E-state index in [4.69, 9.17) is 4.74 Å². The van der Waals surface area contributed by atoms with E-state index in [1.807, 2.05) is 0 Å². The number of benzene rings is 1. The molecule has 1 N–H and O–H groups in total. The first-order valence-corrected chi connectivity index (χ1v) is 5.65. The van der Waals surface area contributed by atoms with Crippen molar-refractivity contribution in [2.45, 2.75) is 0 Å². The molecule has 0 unspecified atom stereocenters. The summed E-state index contributed by atoms with van der Waals surface area (Å²) >= 11 is 0. The first-order chi connectivity index (χ1) is 9.61. The van der Waals surface area contributed by atoms with E-state index in [-0.39, 0.29) is 11.3 Å². The van der Waals surface area contributed by atoms with Gasteiger partial charge in [-0.3, -0.25) is 19.9 Å². The first kappa shape index (κ1) is 13.5. The molecule has 0 aliphatic carbocycles. The standard InChI is InChI=1S/C13H11N3O4/c1-20-10-4-5-11(12(7-10)16(18)19)13(17)15-9-3-2-6-14-8-9/h2-8H,1H3,(H,15,17). The monoisotopic (exact) mass is 273 g/mol. The third-order valence-corrected chi connectivity index (χ3v) is 2.57. The molecule has 1 amide bonds. The second-order valence-electron chi connectivity index (χ2n) is 3.84. The Morgan fingerprint density at radius 3 is 2.80 bits per heavy atom. The van der Waals surface area contributed by atoms with Gasteiger partial charge in [0.2, 0.25) is 0 Å². The molecule has 0 aliphatic heterocycles. The number of anilines is 1. The van der Waals surface area contributed by atoms with Gasteiger partial charge in [0.1, 0.15) is 11.3 Å². The number of nitrogens with zero attached hydrogens (tertiary/aromatic N) is 2. The number of ether oxygens (including phenoxy) is 1. The zero-order valence-corrected chi connectivity index (χ0v) is 10.6. The number of nitrogens with one attached hydrogen (secondary N) is 1. The van der Waals surface area contributed by atoms with Crippen molar-refractivity contribution < 1.29 is 14.5 Å². The van der Waals surface area contributed by atoms with Gasteiger partial charge in [-0.15, -0.1) is 0 Å². The zero-order valence-electron chi connectivity index (χ0n) is 10.6. The maximum atomic E-state index is 12.1. The number of hydrogen-bond acceptors (Lipinski definition) is 5. The fourth-order valence-corrected chi connectivity index (χ4v) is 1.62. The molecule has 20 heavy (non-hydrogen) atoms. The highest BCUT2D eigenvalue weighted by Gasteiger charge is 2.21. The van der Waals surface area contributed by atoms with Crippen molar-refractivity contribution in [1.82, 2.24) is 4.98 Å². The molecular weight excluding hydrogens is 262 g/mol. The highest BCUT2D eigenvalue weighted by molar-refractivity contribution is 6.07. The van der Waals surface area contributed by atoms with Crippen LogP contribution in [-0.4, -0.2) is 22.9 Å². The van der Waals surface area contributed by atoms with Crippen LogP contribution in [0.4, 0.5) is 11.4 Å². The average Bonchev–Trinajstić information content (AvgIpc) is 2.47. The number of methoxy groups -OCH3 is 1. The summed E-state index contributed by atoms with van der Waals surface area (Å²) in [5.41, 5.74) is 0.105. The lowest BCUT2D eigenvalue weighted by Crippen LogP contribution is -2.14. The number of aromatic nitrogens is 1. The number of rotatable bonds is 4. The van der Waals surface area contributed by atoms with Crippen LogP contribution in [0.5, 0.6) is 5.75 Å². The molecule has 0 saturated carbocycles. The van der Waals surface area contributed by atoms with Crippen LogP contribution >= 0.6 is 0 Å². The smallest absolute Gasteiger partial charge is 0.285 e. The van der Waals surface area contributed by atoms with Crippen LogP contribution in [0, 0.1) is 10.1 Å².